The van der Waals surface area contributed by atoms with E-state index in [0.29, 0.717) is 30.7 Å². The quantitative estimate of drug-likeness (QED) is 0.0980. The molecule has 0 fully saturated rings. The molecule has 3 aromatic rings. The van der Waals surface area contributed by atoms with Crippen LogP contribution in [0.25, 0.3) is 12.2 Å². The maximum Gasteiger partial charge on any atom is 0.363 e. The van der Waals surface area contributed by atoms with Gasteiger partial charge in [-0.3, -0.25) is 10.1 Å². The van der Waals surface area contributed by atoms with Crippen molar-refractivity contribution >= 4 is 79.1 Å². The highest BCUT2D eigenvalue weighted by atomic mass is 79.9. The molecule has 0 atom stereocenters. The van der Waals surface area contributed by atoms with Crippen LogP contribution in [0.15, 0.2) is 86.4 Å². The number of nitro benzene ring substituents is 1. The van der Waals surface area contributed by atoms with Gasteiger partial charge in [-0.1, -0.05) is 27.5 Å². The second-order valence-corrected chi connectivity index (χ2v) is 9.46. The molecule has 180 valence electrons. The lowest BCUT2D eigenvalue weighted by Crippen LogP contribution is -2.06. The first-order valence-electron chi connectivity index (χ1n) is 10.1. The topological polar surface area (TPSA) is 108 Å². The minimum atomic E-state index is -0.699. The number of ether oxygens (including phenoxy) is 2. The Kier molecular flexibility index (Phi) is 7.78. The van der Waals surface area contributed by atoms with Crippen molar-refractivity contribution in [2.75, 3.05) is 0 Å². The number of nitrogens with zero attached hydrogens (tertiary/aromatic N) is 2. The van der Waals surface area contributed by atoms with Crippen molar-refractivity contribution < 1.29 is 24.0 Å². The Morgan fingerprint density at radius 1 is 1.08 bits per heavy atom. The molecule has 0 saturated carbocycles. The predicted molar refractivity (Wildman–Crippen MR) is 142 cm³/mol. The molecule has 0 aromatic heterocycles. The van der Waals surface area contributed by atoms with E-state index in [1.54, 1.807) is 36.4 Å². The van der Waals surface area contributed by atoms with E-state index in [1.165, 1.54) is 42.5 Å². The Morgan fingerprint density at radius 3 is 2.44 bits per heavy atom. The average molecular weight is 633 g/mol. The van der Waals surface area contributed by atoms with E-state index >= 15 is 0 Å². The number of cyclic esters (lactones) is 1. The molecule has 0 bridgehead atoms. The second-order valence-electron chi connectivity index (χ2n) is 7.25. The maximum absolute atomic E-state index is 12.5. The van der Waals surface area contributed by atoms with E-state index < -0.39 is 16.9 Å². The Morgan fingerprint density at radius 2 is 1.78 bits per heavy atom. The van der Waals surface area contributed by atoms with Crippen molar-refractivity contribution in [3.63, 3.8) is 0 Å². The molecule has 36 heavy (non-hydrogen) atoms. The number of esters is 2. The minimum Gasteiger partial charge on any atom is -0.422 e. The number of halogens is 3. The summed E-state index contributed by atoms with van der Waals surface area (Å²) >= 11 is 12.7. The number of hydrogen-bond donors (Lipinski definition) is 0. The third-order valence-corrected chi connectivity index (χ3v) is 6.06. The van der Waals surface area contributed by atoms with Crippen LogP contribution in [0.3, 0.4) is 0 Å². The number of non-ortho nitro benzene ring substituents is 1. The normalized spacial score (nSPS) is 14.1. The highest BCUT2D eigenvalue weighted by molar-refractivity contribution is 9.11. The Labute approximate surface area is 226 Å². The molecule has 0 N–H and O–H groups in total. The molecule has 1 aliphatic rings. The summed E-state index contributed by atoms with van der Waals surface area (Å²) in [4.78, 5) is 39.5. The molecule has 3 aromatic carbocycles. The largest absolute Gasteiger partial charge is 0.422 e. The van der Waals surface area contributed by atoms with E-state index in [-0.39, 0.29) is 23.0 Å². The molecule has 4 rings (SSSR count). The van der Waals surface area contributed by atoms with Gasteiger partial charge in [0, 0.05) is 38.8 Å². The number of nitro groups is 1. The molecule has 0 aliphatic carbocycles. The molecule has 1 heterocycles. The zero-order valence-electron chi connectivity index (χ0n) is 18.0. The number of hydrogen-bond acceptors (Lipinski definition) is 7. The van der Waals surface area contributed by atoms with Crippen LogP contribution in [-0.4, -0.2) is 22.8 Å². The molecule has 0 amide bonds. The van der Waals surface area contributed by atoms with E-state index in [4.69, 9.17) is 21.1 Å². The standard InChI is InChI=1S/C25H13Br2ClN2O6/c26-17-11-16(12-21-25(32)36-24(29-21)15-4-6-18(28)7-5-15)23(20(27)13-17)35-22(31)10-3-14-1-8-19(9-2-14)30(33)34/h1-13H/b10-3+,21-12-. The van der Waals surface area contributed by atoms with Crippen molar-refractivity contribution in [2.24, 2.45) is 4.99 Å². The zero-order valence-corrected chi connectivity index (χ0v) is 21.9. The number of benzene rings is 3. The predicted octanol–water partition coefficient (Wildman–Crippen LogP) is 6.74. The number of carbonyl (C=O) groups excluding carboxylic acids is 2. The van der Waals surface area contributed by atoms with E-state index in [0.717, 1.165) is 0 Å². The SMILES string of the molecule is O=C(/C=C/c1ccc([N+](=O)[O-])cc1)Oc1c(Br)cc(Br)cc1/C=C1\N=C(c2ccc(Cl)cc2)OC1=O. The van der Waals surface area contributed by atoms with Gasteiger partial charge < -0.3 is 9.47 Å². The smallest absolute Gasteiger partial charge is 0.363 e. The Bertz CT molecular complexity index is 1470. The summed E-state index contributed by atoms with van der Waals surface area (Å²) in [6.45, 7) is 0. The van der Waals surface area contributed by atoms with Crippen molar-refractivity contribution in [1.29, 1.82) is 0 Å². The fraction of sp³-hybridized carbons (Fsp3) is 0. The van der Waals surface area contributed by atoms with Gasteiger partial charge in [0.2, 0.25) is 5.90 Å². The first-order chi connectivity index (χ1) is 17.2. The summed E-state index contributed by atoms with van der Waals surface area (Å²) in [5, 5.41) is 11.3. The average Bonchev–Trinajstić information content (AvgIpc) is 3.20. The summed E-state index contributed by atoms with van der Waals surface area (Å²) in [6.07, 6.45) is 4.10. The minimum absolute atomic E-state index is 0.0173. The molecule has 11 heteroatoms. The first-order valence-corrected chi connectivity index (χ1v) is 12.1. The fourth-order valence-corrected chi connectivity index (χ4v) is 4.54. The number of carbonyl (C=O) groups is 2. The summed E-state index contributed by atoms with van der Waals surface area (Å²) in [5.74, 6) is -1.07. The monoisotopic (exact) mass is 630 g/mol. The zero-order chi connectivity index (χ0) is 25.8. The van der Waals surface area contributed by atoms with Crippen LogP contribution in [-0.2, 0) is 14.3 Å². The van der Waals surface area contributed by atoms with E-state index in [9.17, 15) is 19.7 Å². The Balaban J connectivity index is 1.59. The lowest BCUT2D eigenvalue weighted by atomic mass is 10.1. The summed E-state index contributed by atoms with van der Waals surface area (Å²) in [6, 6.07) is 15.7. The van der Waals surface area contributed by atoms with Crippen LogP contribution in [0.4, 0.5) is 5.69 Å². The lowest BCUT2D eigenvalue weighted by Gasteiger charge is -2.09. The van der Waals surface area contributed by atoms with Gasteiger partial charge >= 0.3 is 11.9 Å². The van der Waals surface area contributed by atoms with Gasteiger partial charge in [0.25, 0.3) is 5.69 Å². The molecule has 0 spiro atoms. The van der Waals surface area contributed by atoms with Gasteiger partial charge in [-0.15, -0.1) is 0 Å². The molecule has 8 nitrogen and oxygen atoms in total. The molecular formula is C25H13Br2ClN2O6. The number of aliphatic imine (C=N–C) groups is 1. The number of rotatable bonds is 6. The third kappa shape index (κ3) is 6.14. The van der Waals surface area contributed by atoms with Crippen molar-refractivity contribution in [2.45, 2.75) is 0 Å². The summed E-state index contributed by atoms with van der Waals surface area (Å²) in [7, 11) is 0. The van der Waals surface area contributed by atoms with Crippen molar-refractivity contribution in [1.82, 2.24) is 0 Å². The highest BCUT2D eigenvalue weighted by Gasteiger charge is 2.25. The van der Waals surface area contributed by atoms with Crippen LogP contribution in [0, 0.1) is 10.1 Å². The lowest BCUT2D eigenvalue weighted by molar-refractivity contribution is -0.384. The van der Waals surface area contributed by atoms with Crippen LogP contribution in [0.5, 0.6) is 5.75 Å². The van der Waals surface area contributed by atoms with Crippen LogP contribution < -0.4 is 4.74 Å². The van der Waals surface area contributed by atoms with Crippen LogP contribution in [0.2, 0.25) is 5.02 Å². The molecule has 0 unspecified atom stereocenters. The molecule has 1 aliphatic heterocycles. The molecule has 0 radical (unpaired) electrons. The highest BCUT2D eigenvalue weighted by Crippen LogP contribution is 2.35. The van der Waals surface area contributed by atoms with Gasteiger partial charge in [0.05, 0.1) is 9.40 Å². The molecule has 0 saturated heterocycles. The fourth-order valence-electron chi connectivity index (χ4n) is 3.07. The van der Waals surface area contributed by atoms with Crippen LogP contribution in [0.1, 0.15) is 16.7 Å². The van der Waals surface area contributed by atoms with Gasteiger partial charge in [-0.2, -0.15) is 0 Å². The first kappa shape index (κ1) is 25.5. The molecular weight excluding hydrogens is 620 g/mol. The van der Waals surface area contributed by atoms with Crippen molar-refractivity contribution in [3.05, 3.63) is 113 Å². The van der Waals surface area contributed by atoms with Gasteiger partial charge in [-0.05, 0) is 82.2 Å². The van der Waals surface area contributed by atoms with E-state index in [2.05, 4.69) is 36.9 Å². The van der Waals surface area contributed by atoms with Crippen LogP contribution >= 0.6 is 43.5 Å². The van der Waals surface area contributed by atoms with Gasteiger partial charge in [0.1, 0.15) is 0 Å². The van der Waals surface area contributed by atoms with Gasteiger partial charge in [0.15, 0.2) is 11.4 Å². The van der Waals surface area contributed by atoms with Crippen molar-refractivity contribution in [3.8, 4) is 5.75 Å². The van der Waals surface area contributed by atoms with Gasteiger partial charge in [-0.25, -0.2) is 14.6 Å². The van der Waals surface area contributed by atoms with E-state index in [1.807, 2.05) is 0 Å². The maximum atomic E-state index is 12.5. The second kappa shape index (κ2) is 11.0. The third-order valence-electron chi connectivity index (χ3n) is 4.76. The summed E-state index contributed by atoms with van der Waals surface area (Å²) in [5.41, 5.74) is 1.51. The Hall–Kier alpha value is -3.60. The summed E-state index contributed by atoms with van der Waals surface area (Å²) < 4.78 is 11.9.